The molecule has 0 spiro atoms. The van der Waals surface area contributed by atoms with Gasteiger partial charge in [0.15, 0.2) is 0 Å². The quantitative estimate of drug-likeness (QED) is 0.420. The second kappa shape index (κ2) is 9.90. The van der Waals surface area contributed by atoms with Crippen molar-refractivity contribution in [3.8, 4) is 27.9 Å². The molecule has 0 bridgehead atoms. The summed E-state index contributed by atoms with van der Waals surface area (Å²) in [4.78, 5) is 21.1. The molecule has 0 saturated carbocycles. The lowest BCUT2D eigenvalue weighted by atomic mass is 10.1. The zero-order chi connectivity index (χ0) is 23.4. The van der Waals surface area contributed by atoms with Crippen molar-refractivity contribution in [2.75, 3.05) is 0 Å². The number of rotatable bonds is 7. The van der Waals surface area contributed by atoms with Crippen LogP contribution in [0.1, 0.15) is 18.2 Å². The van der Waals surface area contributed by atoms with Crippen molar-refractivity contribution in [1.82, 2.24) is 25.1 Å². The molecule has 4 rings (SSSR count). The van der Waals surface area contributed by atoms with Gasteiger partial charge in [-0.2, -0.15) is 10.4 Å². The number of nitrogens with one attached hydrogen (secondary N) is 1. The van der Waals surface area contributed by atoms with Gasteiger partial charge in [-0.15, -0.1) is 11.3 Å². The maximum Gasteiger partial charge on any atom is 0.226 e. The number of thiazole rings is 1. The Morgan fingerprint density at radius 1 is 1.36 bits per heavy atom. The minimum Gasteiger partial charge on any atom is -0.351 e. The number of nitriles is 1. The summed E-state index contributed by atoms with van der Waals surface area (Å²) in [5.74, 6) is -0.831. The van der Waals surface area contributed by atoms with Gasteiger partial charge in [-0.05, 0) is 37.3 Å². The Morgan fingerprint density at radius 3 is 2.94 bits per heavy atom. The lowest BCUT2D eigenvalue weighted by molar-refractivity contribution is -0.121. The predicted molar refractivity (Wildman–Crippen MR) is 124 cm³/mol. The Labute approximate surface area is 198 Å². The molecule has 3 heterocycles. The van der Waals surface area contributed by atoms with Gasteiger partial charge in [-0.25, -0.2) is 9.37 Å². The average molecular weight is 481 g/mol. The molecular formula is C23H18ClFN6OS. The third kappa shape index (κ3) is 5.42. The highest BCUT2D eigenvalue weighted by Crippen LogP contribution is 2.27. The molecule has 3 aromatic heterocycles. The third-order valence-electron chi connectivity index (χ3n) is 4.76. The van der Waals surface area contributed by atoms with E-state index in [9.17, 15) is 9.18 Å². The van der Waals surface area contributed by atoms with Crippen LogP contribution in [0.2, 0.25) is 5.02 Å². The van der Waals surface area contributed by atoms with Gasteiger partial charge in [-0.1, -0.05) is 11.6 Å². The fourth-order valence-corrected chi connectivity index (χ4v) is 4.33. The Balaban J connectivity index is 1.35. The van der Waals surface area contributed by atoms with Crippen LogP contribution in [0.15, 0.2) is 54.3 Å². The maximum absolute atomic E-state index is 14.0. The largest absolute Gasteiger partial charge is 0.351 e. The van der Waals surface area contributed by atoms with Crippen molar-refractivity contribution in [3.05, 3.63) is 76.4 Å². The number of nitrogens with zero attached hydrogens (tertiary/aromatic N) is 5. The first-order valence-corrected chi connectivity index (χ1v) is 11.3. The van der Waals surface area contributed by atoms with E-state index in [1.165, 1.54) is 23.5 Å². The van der Waals surface area contributed by atoms with Crippen LogP contribution in [0.3, 0.4) is 0 Å². The molecule has 10 heteroatoms. The van der Waals surface area contributed by atoms with E-state index in [2.05, 4.69) is 20.4 Å². The third-order valence-corrected chi connectivity index (χ3v) is 6.00. The van der Waals surface area contributed by atoms with Crippen molar-refractivity contribution < 1.29 is 9.18 Å². The maximum atomic E-state index is 14.0. The van der Waals surface area contributed by atoms with Crippen molar-refractivity contribution >= 4 is 28.8 Å². The monoisotopic (exact) mass is 480 g/mol. The number of hydrogen-bond acceptors (Lipinski definition) is 6. The summed E-state index contributed by atoms with van der Waals surface area (Å²) >= 11 is 7.46. The Kier molecular flexibility index (Phi) is 6.77. The number of halogens is 2. The predicted octanol–water partition coefficient (Wildman–Crippen LogP) is 4.48. The summed E-state index contributed by atoms with van der Waals surface area (Å²) < 4.78 is 15.7. The SMILES string of the molecule is C[C@@H](Cn1ccc(-c2cc(F)c(C#N)c(Cl)c2)n1)NC(=O)Cc1csc(-c2cccnc2)n1. The van der Waals surface area contributed by atoms with E-state index in [1.54, 1.807) is 35.4 Å². The molecule has 4 aromatic rings. The molecule has 0 aliphatic rings. The second-order valence-electron chi connectivity index (χ2n) is 7.38. The highest BCUT2D eigenvalue weighted by molar-refractivity contribution is 7.13. The number of benzene rings is 1. The van der Waals surface area contributed by atoms with Crippen LogP contribution < -0.4 is 5.32 Å². The van der Waals surface area contributed by atoms with Crippen LogP contribution in [-0.2, 0) is 17.8 Å². The fourth-order valence-electron chi connectivity index (χ4n) is 3.27. The van der Waals surface area contributed by atoms with Gasteiger partial charge in [0.05, 0.1) is 29.4 Å². The normalized spacial score (nSPS) is 11.7. The van der Waals surface area contributed by atoms with Gasteiger partial charge < -0.3 is 5.32 Å². The van der Waals surface area contributed by atoms with Gasteiger partial charge in [0.2, 0.25) is 5.91 Å². The smallest absolute Gasteiger partial charge is 0.226 e. The highest BCUT2D eigenvalue weighted by Gasteiger charge is 2.15. The van der Waals surface area contributed by atoms with Gasteiger partial charge in [0.25, 0.3) is 0 Å². The molecule has 7 nitrogen and oxygen atoms in total. The summed E-state index contributed by atoms with van der Waals surface area (Å²) in [6.45, 7) is 2.30. The lowest BCUT2D eigenvalue weighted by Gasteiger charge is -2.13. The Hall–Kier alpha value is -3.61. The number of carbonyl (C=O) groups is 1. The molecule has 166 valence electrons. The van der Waals surface area contributed by atoms with Crippen LogP contribution in [-0.4, -0.2) is 31.7 Å². The number of aromatic nitrogens is 4. The van der Waals surface area contributed by atoms with Crippen molar-refractivity contribution in [1.29, 1.82) is 5.26 Å². The second-order valence-corrected chi connectivity index (χ2v) is 8.65. The van der Waals surface area contributed by atoms with Crippen molar-refractivity contribution in [2.45, 2.75) is 25.9 Å². The summed E-state index contributed by atoms with van der Waals surface area (Å²) in [5, 5.41) is 19.0. The van der Waals surface area contributed by atoms with Crippen LogP contribution >= 0.6 is 22.9 Å². The van der Waals surface area contributed by atoms with E-state index in [0.717, 1.165) is 10.6 Å². The molecule has 0 saturated heterocycles. The standard InChI is InChI=1S/C23H18ClFN6OS/c1-14(28-22(32)9-17-13-33-23(29-17)15-3-2-5-27-11-15)12-31-6-4-21(30-31)16-7-19(24)18(10-26)20(25)8-16/h2-8,11,13-14H,9,12H2,1H3,(H,28,32)/t14-/m0/s1. The van der Waals surface area contributed by atoms with Crippen molar-refractivity contribution in [3.63, 3.8) is 0 Å². The van der Waals surface area contributed by atoms with Crippen molar-refractivity contribution in [2.24, 2.45) is 0 Å². The fraction of sp³-hybridized carbons (Fsp3) is 0.174. The van der Waals surface area contributed by atoms with E-state index in [4.69, 9.17) is 16.9 Å². The van der Waals surface area contributed by atoms with Crippen LogP contribution in [0.4, 0.5) is 4.39 Å². The molecule has 0 aliphatic heterocycles. The number of amides is 1. The van der Waals surface area contributed by atoms with E-state index in [0.29, 0.717) is 23.5 Å². The number of carbonyl (C=O) groups excluding carboxylic acids is 1. The highest BCUT2D eigenvalue weighted by atomic mass is 35.5. The molecule has 0 radical (unpaired) electrons. The minimum atomic E-state index is -0.691. The molecule has 0 fully saturated rings. The molecular weight excluding hydrogens is 463 g/mol. The minimum absolute atomic E-state index is 0.0383. The van der Waals surface area contributed by atoms with Crippen LogP contribution in [0, 0.1) is 17.1 Å². The molecule has 1 aromatic carbocycles. The first-order valence-electron chi connectivity index (χ1n) is 10.00. The molecule has 0 aliphatic carbocycles. The molecule has 33 heavy (non-hydrogen) atoms. The summed E-state index contributed by atoms with van der Waals surface area (Å²) in [7, 11) is 0. The van der Waals surface area contributed by atoms with E-state index >= 15 is 0 Å². The van der Waals surface area contributed by atoms with Gasteiger partial charge >= 0.3 is 0 Å². The van der Waals surface area contributed by atoms with E-state index in [-0.39, 0.29) is 29.0 Å². The molecule has 1 amide bonds. The average Bonchev–Trinajstić information content (AvgIpc) is 3.44. The summed E-state index contributed by atoms with van der Waals surface area (Å²) in [6, 6.07) is 9.78. The number of pyridine rings is 1. The topological polar surface area (TPSA) is 96.5 Å². The van der Waals surface area contributed by atoms with Gasteiger partial charge in [0.1, 0.15) is 22.5 Å². The molecule has 1 atom stereocenters. The zero-order valence-electron chi connectivity index (χ0n) is 17.5. The van der Waals surface area contributed by atoms with Gasteiger partial charge in [-0.3, -0.25) is 14.5 Å². The van der Waals surface area contributed by atoms with Crippen LogP contribution in [0.25, 0.3) is 21.8 Å². The molecule has 1 N–H and O–H groups in total. The first kappa shape index (κ1) is 22.6. The summed E-state index contributed by atoms with van der Waals surface area (Å²) in [5.41, 5.74) is 2.41. The lowest BCUT2D eigenvalue weighted by Crippen LogP contribution is -2.36. The first-order chi connectivity index (χ1) is 15.9. The van der Waals surface area contributed by atoms with Gasteiger partial charge in [0, 0.05) is 41.1 Å². The zero-order valence-corrected chi connectivity index (χ0v) is 19.1. The van der Waals surface area contributed by atoms with E-state index in [1.807, 2.05) is 24.4 Å². The Morgan fingerprint density at radius 2 is 2.21 bits per heavy atom. The van der Waals surface area contributed by atoms with E-state index < -0.39 is 5.82 Å². The molecule has 0 unspecified atom stereocenters. The number of hydrogen-bond donors (Lipinski definition) is 1. The summed E-state index contributed by atoms with van der Waals surface area (Å²) in [6.07, 6.45) is 5.35. The van der Waals surface area contributed by atoms with Crippen LogP contribution in [0.5, 0.6) is 0 Å². The Bertz CT molecular complexity index is 1310.